The number of nitrogens with one attached hydrogen (secondary N) is 2. The maximum atomic E-state index is 14.0. The smallest absolute Gasteiger partial charge is 0.146 e. The Bertz CT molecular complexity index is 848. The molecule has 1 saturated carbocycles. The Labute approximate surface area is 153 Å². The molecule has 3 N–H and O–H groups in total. The molecule has 136 valence electrons. The van der Waals surface area contributed by atoms with Crippen molar-refractivity contribution in [3.05, 3.63) is 53.3 Å². The molecule has 3 aliphatic rings. The molecule has 1 saturated heterocycles. The lowest BCUT2D eigenvalue weighted by atomic mass is 9.53. The topological polar surface area (TPSA) is 44.3 Å². The molecule has 5 rings (SSSR count). The zero-order valence-electron chi connectivity index (χ0n) is 14.9. The maximum absolute atomic E-state index is 14.0. The number of phenols is 1. The first-order valence-electron chi connectivity index (χ1n) is 9.79. The van der Waals surface area contributed by atoms with Crippen molar-refractivity contribution in [1.82, 2.24) is 5.32 Å². The Morgan fingerprint density at radius 1 is 1.12 bits per heavy atom. The first kappa shape index (κ1) is 16.1. The molecule has 3 nitrogen and oxygen atoms in total. The van der Waals surface area contributed by atoms with Gasteiger partial charge in [0.05, 0.1) is 11.4 Å². The van der Waals surface area contributed by atoms with Crippen LogP contribution in [0.25, 0.3) is 0 Å². The molecule has 1 heterocycles. The molecule has 0 radical (unpaired) electrons. The van der Waals surface area contributed by atoms with Crippen molar-refractivity contribution in [2.45, 2.75) is 50.0 Å². The zero-order valence-corrected chi connectivity index (χ0v) is 14.9. The Kier molecular flexibility index (Phi) is 3.71. The summed E-state index contributed by atoms with van der Waals surface area (Å²) in [6, 6.07) is 11.1. The van der Waals surface area contributed by atoms with E-state index in [2.05, 4.69) is 10.6 Å². The molecule has 2 aromatic carbocycles. The molecule has 1 aliphatic heterocycles. The van der Waals surface area contributed by atoms with Gasteiger partial charge in [0.1, 0.15) is 11.6 Å². The normalized spacial score (nSPS) is 29.6. The number of fused-ring (bicyclic) bond motifs is 1. The van der Waals surface area contributed by atoms with Crippen molar-refractivity contribution < 1.29 is 9.50 Å². The summed E-state index contributed by atoms with van der Waals surface area (Å²) in [5, 5.41) is 17.5. The fourth-order valence-electron chi connectivity index (χ4n) is 5.78. The van der Waals surface area contributed by atoms with Crippen molar-refractivity contribution in [1.29, 1.82) is 0 Å². The lowest BCUT2D eigenvalue weighted by molar-refractivity contribution is 0.0796. The number of phenolic OH excluding ortho intramolecular Hbond substituents is 1. The number of para-hydroxylation sites is 1. The second kappa shape index (κ2) is 5.98. The first-order valence-corrected chi connectivity index (χ1v) is 9.79. The van der Waals surface area contributed by atoms with E-state index in [1.807, 2.05) is 12.1 Å². The van der Waals surface area contributed by atoms with Crippen LogP contribution in [0.3, 0.4) is 0 Å². The van der Waals surface area contributed by atoms with Crippen LogP contribution in [0.4, 0.5) is 15.8 Å². The molecule has 2 aromatic rings. The van der Waals surface area contributed by atoms with E-state index in [1.54, 1.807) is 18.2 Å². The van der Waals surface area contributed by atoms with Crippen LogP contribution < -0.4 is 10.6 Å². The minimum Gasteiger partial charge on any atom is -0.506 e. The third-order valence-corrected chi connectivity index (χ3v) is 6.90. The van der Waals surface area contributed by atoms with E-state index in [-0.39, 0.29) is 17.0 Å². The maximum Gasteiger partial charge on any atom is 0.146 e. The standard InChI is InChI=1S/C22H25FN2O/c23-17-6-1-2-7-18(17)25-20-12-14-11-19-15-5-3-4-8-22(15,9-10-24-19)16(14)13-21(20)26/h1-2,6-7,12-13,15,19,24-26H,3-5,8-11H2/t15-,19+,22+/m1/s1. The van der Waals surface area contributed by atoms with Gasteiger partial charge in [-0.1, -0.05) is 25.0 Å². The third-order valence-electron chi connectivity index (χ3n) is 6.90. The Morgan fingerprint density at radius 3 is 2.88 bits per heavy atom. The van der Waals surface area contributed by atoms with E-state index in [9.17, 15) is 9.50 Å². The number of benzene rings is 2. The summed E-state index contributed by atoms with van der Waals surface area (Å²) in [5.74, 6) is 0.596. The van der Waals surface area contributed by atoms with Crippen LogP contribution >= 0.6 is 0 Å². The number of aromatic hydroxyl groups is 1. The summed E-state index contributed by atoms with van der Waals surface area (Å²) >= 11 is 0. The summed E-state index contributed by atoms with van der Waals surface area (Å²) < 4.78 is 14.0. The van der Waals surface area contributed by atoms with Crippen molar-refractivity contribution >= 4 is 11.4 Å². The number of halogens is 1. The Morgan fingerprint density at radius 2 is 2.00 bits per heavy atom. The van der Waals surface area contributed by atoms with Crippen LogP contribution in [-0.2, 0) is 11.8 Å². The van der Waals surface area contributed by atoms with Crippen LogP contribution in [0.2, 0.25) is 0 Å². The molecule has 0 spiro atoms. The SMILES string of the molecule is Oc1cc2c(cc1Nc1ccccc1F)C[C@@H]1NCC[C@]23CCCC[C@H]13. The Balaban J connectivity index is 1.57. The number of piperidine rings is 1. The minimum absolute atomic E-state index is 0.218. The molecule has 0 unspecified atom stereocenters. The largest absolute Gasteiger partial charge is 0.506 e. The van der Waals surface area contributed by atoms with Gasteiger partial charge in [-0.05, 0) is 73.5 Å². The van der Waals surface area contributed by atoms with Gasteiger partial charge >= 0.3 is 0 Å². The molecule has 2 fully saturated rings. The van der Waals surface area contributed by atoms with E-state index in [0.717, 1.165) is 19.4 Å². The summed E-state index contributed by atoms with van der Waals surface area (Å²) in [4.78, 5) is 0. The predicted molar refractivity (Wildman–Crippen MR) is 102 cm³/mol. The monoisotopic (exact) mass is 352 g/mol. The summed E-state index contributed by atoms with van der Waals surface area (Å²) in [6.45, 7) is 1.07. The molecular formula is C22H25FN2O. The number of rotatable bonds is 2. The number of hydrogen-bond donors (Lipinski definition) is 3. The quantitative estimate of drug-likeness (QED) is 0.691. The molecule has 2 bridgehead atoms. The van der Waals surface area contributed by atoms with E-state index in [4.69, 9.17) is 0 Å². The van der Waals surface area contributed by atoms with Crippen LogP contribution in [0.15, 0.2) is 36.4 Å². The van der Waals surface area contributed by atoms with E-state index in [1.165, 1.54) is 42.9 Å². The molecular weight excluding hydrogens is 327 g/mol. The molecule has 2 aliphatic carbocycles. The third kappa shape index (κ3) is 2.35. The molecule has 3 atom stereocenters. The molecule has 26 heavy (non-hydrogen) atoms. The van der Waals surface area contributed by atoms with Gasteiger partial charge in [0.2, 0.25) is 0 Å². The van der Waals surface area contributed by atoms with Crippen molar-refractivity contribution in [2.24, 2.45) is 5.92 Å². The van der Waals surface area contributed by atoms with Gasteiger partial charge in [0.15, 0.2) is 0 Å². The zero-order chi connectivity index (χ0) is 17.7. The lowest BCUT2D eigenvalue weighted by Crippen LogP contribution is -2.59. The van der Waals surface area contributed by atoms with Gasteiger partial charge in [-0.25, -0.2) is 4.39 Å². The molecule has 0 amide bonds. The van der Waals surface area contributed by atoms with Gasteiger partial charge in [0, 0.05) is 11.5 Å². The first-order chi connectivity index (χ1) is 12.7. The average molecular weight is 352 g/mol. The van der Waals surface area contributed by atoms with Gasteiger partial charge in [0.25, 0.3) is 0 Å². The van der Waals surface area contributed by atoms with E-state index < -0.39 is 0 Å². The Hall–Kier alpha value is -2.07. The predicted octanol–water partition coefficient (Wildman–Crippen LogP) is 4.62. The highest BCUT2D eigenvalue weighted by molar-refractivity contribution is 5.69. The van der Waals surface area contributed by atoms with Gasteiger partial charge in [-0.2, -0.15) is 0 Å². The van der Waals surface area contributed by atoms with Crippen LogP contribution in [0.5, 0.6) is 5.75 Å². The minimum atomic E-state index is -0.311. The van der Waals surface area contributed by atoms with E-state index >= 15 is 0 Å². The highest BCUT2D eigenvalue weighted by Crippen LogP contribution is 2.55. The van der Waals surface area contributed by atoms with Crippen LogP contribution in [-0.4, -0.2) is 17.7 Å². The number of hydrogen-bond acceptors (Lipinski definition) is 3. The van der Waals surface area contributed by atoms with Crippen LogP contribution in [0, 0.1) is 11.7 Å². The van der Waals surface area contributed by atoms with E-state index in [0.29, 0.717) is 23.3 Å². The van der Waals surface area contributed by atoms with Crippen LogP contribution in [0.1, 0.15) is 43.2 Å². The summed E-state index contributed by atoms with van der Waals surface area (Å²) in [6.07, 6.45) is 7.25. The number of anilines is 2. The van der Waals surface area contributed by atoms with Gasteiger partial charge in [-0.3, -0.25) is 0 Å². The fraction of sp³-hybridized carbons (Fsp3) is 0.455. The summed E-state index contributed by atoms with van der Waals surface area (Å²) in [7, 11) is 0. The van der Waals surface area contributed by atoms with Crippen molar-refractivity contribution in [3.8, 4) is 5.75 Å². The fourth-order valence-corrected chi connectivity index (χ4v) is 5.78. The average Bonchev–Trinajstić information content (AvgIpc) is 2.65. The van der Waals surface area contributed by atoms with Crippen molar-refractivity contribution in [2.75, 3.05) is 11.9 Å². The highest BCUT2D eigenvalue weighted by Gasteiger charge is 2.51. The lowest BCUT2D eigenvalue weighted by Gasteiger charge is -2.56. The second-order valence-electron chi connectivity index (χ2n) is 8.15. The second-order valence-corrected chi connectivity index (χ2v) is 8.15. The van der Waals surface area contributed by atoms with Gasteiger partial charge in [-0.15, -0.1) is 0 Å². The van der Waals surface area contributed by atoms with Crippen molar-refractivity contribution in [3.63, 3.8) is 0 Å². The highest BCUT2D eigenvalue weighted by atomic mass is 19.1. The molecule has 4 heteroatoms. The van der Waals surface area contributed by atoms with Gasteiger partial charge < -0.3 is 15.7 Å². The molecule has 0 aromatic heterocycles. The summed E-state index contributed by atoms with van der Waals surface area (Å²) in [5.41, 5.74) is 3.85.